The Bertz CT molecular complexity index is 271. The number of ether oxygens (including phenoxy) is 1. The van der Waals surface area contributed by atoms with Gasteiger partial charge in [-0.15, -0.1) is 0 Å². The average molecular weight is 270 g/mol. The lowest BCUT2D eigenvalue weighted by Crippen LogP contribution is -2.54. The van der Waals surface area contributed by atoms with Gasteiger partial charge in [-0.05, 0) is 31.6 Å². The van der Waals surface area contributed by atoms with Crippen molar-refractivity contribution >= 4 is 5.91 Å². The monoisotopic (exact) mass is 270 g/mol. The Balaban J connectivity index is 2.07. The van der Waals surface area contributed by atoms with Crippen molar-refractivity contribution in [2.24, 2.45) is 17.4 Å². The first-order chi connectivity index (χ1) is 9.11. The molecule has 112 valence electrons. The predicted molar refractivity (Wildman–Crippen MR) is 77.6 cm³/mol. The van der Waals surface area contributed by atoms with E-state index in [1.54, 1.807) is 0 Å². The highest BCUT2D eigenvalue weighted by Crippen LogP contribution is 2.35. The molecule has 1 aliphatic rings. The van der Waals surface area contributed by atoms with Crippen LogP contribution in [0.4, 0.5) is 0 Å². The molecular formula is C15H30N2O2. The van der Waals surface area contributed by atoms with Gasteiger partial charge >= 0.3 is 0 Å². The number of nitrogens with two attached hydrogens (primary N) is 2. The Morgan fingerprint density at radius 1 is 1.26 bits per heavy atom. The normalized spacial score (nSPS) is 26.7. The third-order valence-electron chi connectivity index (χ3n) is 4.33. The van der Waals surface area contributed by atoms with Crippen molar-refractivity contribution in [3.8, 4) is 0 Å². The summed E-state index contributed by atoms with van der Waals surface area (Å²) in [6.07, 6.45) is 9.85. The van der Waals surface area contributed by atoms with Gasteiger partial charge in [0.15, 0.2) is 0 Å². The first-order valence-electron chi connectivity index (χ1n) is 7.77. The largest absolute Gasteiger partial charge is 0.381 e. The summed E-state index contributed by atoms with van der Waals surface area (Å²) < 4.78 is 5.64. The summed E-state index contributed by atoms with van der Waals surface area (Å²) in [5.74, 6) is -0.153. The Labute approximate surface area is 117 Å². The first kappa shape index (κ1) is 16.4. The Morgan fingerprint density at radius 3 is 2.68 bits per heavy atom. The second kappa shape index (κ2) is 8.54. The molecule has 0 radical (unpaired) electrons. The molecular weight excluding hydrogens is 240 g/mol. The van der Waals surface area contributed by atoms with Crippen molar-refractivity contribution in [2.75, 3.05) is 13.2 Å². The van der Waals surface area contributed by atoms with Gasteiger partial charge in [0.05, 0.1) is 5.54 Å². The molecule has 0 bridgehead atoms. The van der Waals surface area contributed by atoms with Crippen molar-refractivity contribution in [3.05, 3.63) is 0 Å². The highest BCUT2D eigenvalue weighted by molar-refractivity contribution is 5.85. The summed E-state index contributed by atoms with van der Waals surface area (Å²) in [6, 6.07) is 0. The maximum absolute atomic E-state index is 11.4. The molecule has 0 aromatic heterocycles. The summed E-state index contributed by atoms with van der Waals surface area (Å²) >= 11 is 0. The van der Waals surface area contributed by atoms with E-state index < -0.39 is 5.54 Å². The number of carbonyl (C=O) groups is 1. The molecule has 4 N–H and O–H groups in total. The number of unbranched alkanes of at least 4 members (excludes halogenated alkanes) is 4. The summed E-state index contributed by atoms with van der Waals surface area (Å²) in [6.45, 7) is 3.74. The molecule has 0 aromatic rings. The van der Waals surface area contributed by atoms with Crippen molar-refractivity contribution in [2.45, 2.75) is 70.3 Å². The van der Waals surface area contributed by atoms with E-state index in [1.165, 1.54) is 25.7 Å². The molecule has 1 rings (SSSR count). The number of primary amides is 1. The van der Waals surface area contributed by atoms with Crippen LogP contribution in [0.2, 0.25) is 0 Å². The van der Waals surface area contributed by atoms with E-state index in [-0.39, 0.29) is 11.8 Å². The van der Waals surface area contributed by atoms with Crippen LogP contribution in [-0.2, 0) is 9.53 Å². The molecule has 2 unspecified atom stereocenters. The number of carbonyl (C=O) groups excluding carboxylic acids is 1. The fourth-order valence-corrected chi connectivity index (χ4v) is 2.96. The van der Waals surface area contributed by atoms with Crippen LogP contribution in [0.5, 0.6) is 0 Å². The molecule has 19 heavy (non-hydrogen) atoms. The van der Waals surface area contributed by atoms with E-state index in [0.717, 1.165) is 38.7 Å². The molecule has 0 heterocycles. The van der Waals surface area contributed by atoms with Crippen molar-refractivity contribution in [1.29, 1.82) is 0 Å². The Morgan fingerprint density at radius 2 is 2.00 bits per heavy atom. The van der Waals surface area contributed by atoms with Crippen molar-refractivity contribution in [3.63, 3.8) is 0 Å². The molecule has 1 amide bonds. The molecule has 0 saturated heterocycles. The minimum absolute atomic E-state index is 0.199. The van der Waals surface area contributed by atoms with Gasteiger partial charge in [-0.2, -0.15) is 0 Å². The lowest BCUT2D eigenvalue weighted by Gasteiger charge is -2.27. The van der Waals surface area contributed by atoms with Gasteiger partial charge in [-0.1, -0.05) is 39.0 Å². The standard InChI is InChI=1S/C15H30N2O2/c1-2-3-4-5-6-11-19-12-9-13-8-7-10-15(13,17)14(16)18/h13H,2-12,17H2,1H3,(H2,16,18). The van der Waals surface area contributed by atoms with E-state index in [1.807, 2.05) is 0 Å². The van der Waals surface area contributed by atoms with Crippen molar-refractivity contribution in [1.82, 2.24) is 0 Å². The highest BCUT2D eigenvalue weighted by Gasteiger charge is 2.43. The zero-order valence-electron chi connectivity index (χ0n) is 12.3. The minimum atomic E-state index is -0.787. The van der Waals surface area contributed by atoms with Crippen LogP contribution in [0, 0.1) is 5.92 Å². The lowest BCUT2D eigenvalue weighted by atomic mass is 9.85. The van der Waals surface area contributed by atoms with Crippen LogP contribution >= 0.6 is 0 Å². The van der Waals surface area contributed by atoms with Crippen LogP contribution in [0.1, 0.15) is 64.7 Å². The maximum Gasteiger partial charge on any atom is 0.237 e. The fourth-order valence-electron chi connectivity index (χ4n) is 2.96. The maximum atomic E-state index is 11.4. The van der Waals surface area contributed by atoms with Gasteiger partial charge in [-0.3, -0.25) is 4.79 Å². The van der Waals surface area contributed by atoms with E-state index in [4.69, 9.17) is 16.2 Å². The molecule has 0 aliphatic heterocycles. The topological polar surface area (TPSA) is 78.3 Å². The van der Waals surface area contributed by atoms with Gasteiger partial charge in [0.2, 0.25) is 5.91 Å². The van der Waals surface area contributed by atoms with Crippen LogP contribution in [0.25, 0.3) is 0 Å². The number of amides is 1. The summed E-state index contributed by atoms with van der Waals surface area (Å²) in [5.41, 5.74) is 10.7. The number of hydrogen-bond donors (Lipinski definition) is 2. The van der Waals surface area contributed by atoms with Gasteiger partial charge in [0.1, 0.15) is 0 Å². The van der Waals surface area contributed by atoms with Crippen LogP contribution < -0.4 is 11.5 Å². The van der Waals surface area contributed by atoms with E-state index in [2.05, 4.69) is 6.92 Å². The van der Waals surface area contributed by atoms with E-state index in [0.29, 0.717) is 6.61 Å². The number of rotatable bonds is 10. The average Bonchev–Trinajstić information content (AvgIpc) is 2.76. The molecule has 0 aromatic carbocycles. The SMILES string of the molecule is CCCCCCCOCCC1CCCC1(N)C(N)=O. The Kier molecular flexibility index (Phi) is 7.39. The van der Waals surface area contributed by atoms with Crippen molar-refractivity contribution < 1.29 is 9.53 Å². The van der Waals surface area contributed by atoms with Gasteiger partial charge in [0.25, 0.3) is 0 Å². The van der Waals surface area contributed by atoms with Crippen LogP contribution in [0.3, 0.4) is 0 Å². The summed E-state index contributed by atoms with van der Waals surface area (Å²) in [7, 11) is 0. The van der Waals surface area contributed by atoms with Gasteiger partial charge in [-0.25, -0.2) is 0 Å². The van der Waals surface area contributed by atoms with Gasteiger partial charge < -0.3 is 16.2 Å². The number of hydrogen-bond acceptors (Lipinski definition) is 3. The summed E-state index contributed by atoms with van der Waals surface area (Å²) in [5, 5.41) is 0. The second-order valence-electron chi connectivity index (χ2n) is 5.81. The molecule has 2 atom stereocenters. The third-order valence-corrected chi connectivity index (χ3v) is 4.33. The quantitative estimate of drug-likeness (QED) is 0.598. The molecule has 4 heteroatoms. The van der Waals surface area contributed by atoms with Crippen LogP contribution in [0.15, 0.2) is 0 Å². The second-order valence-corrected chi connectivity index (χ2v) is 5.81. The lowest BCUT2D eigenvalue weighted by molar-refractivity contribution is -0.124. The Hall–Kier alpha value is -0.610. The zero-order valence-corrected chi connectivity index (χ0v) is 12.3. The zero-order chi connectivity index (χ0) is 14.1. The minimum Gasteiger partial charge on any atom is -0.381 e. The van der Waals surface area contributed by atoms with E-state index >= 15 is 0 Å². The smallest absolute Gasteiger partial charge is 0.237 e. The third kappa shape index (κ3) is 5.11. The molecule has 0 spiro atoms. The first-order valence-corrected chi connectivity index (χ1v) is 7.77. The molecule has 4 nitrogen and oxygen atoms in total. The molecule has 1 saturated carbocycles. The van der Waals surface area contributed by atoms with Gasteiger partial charge in [0, 0.05) is 13.2 Å². The summed E-state index contributed by atoms with van der Waals surface area (Å²) in [4.78, 5) is 11.4. The highest BCUT2D eigenvalue weighted by atomic mass is 16.5. The molecule has 1 fully saturated rings. The fraction of sp³-hybridized carbons (Fsp3) is 0.933. The molecule has 1 aliphatic carbocycles. The van der Waals surface area contributed by atoms with E-state index in [9.17, 15) is 4.79 Å². The predicted octanol–water partition coefficient (Wildman–Crippen LogP) is 2.35. The van der Waals surface area contributed by atoms with Crippen LogP contribution in [-0.4, -0.2) is 24.7 Å².